The number of thiophene rings is 1. The lowest BCUT2D eigenvalue weighted by Crippen LogP contribution is -2.32. The normalized spacial score (nSPS) is 13.2. The van der Waals surface area contributed by atoms with Crippen molar-refractivity contribution in [2.24, 2.45) is 5.73 Å². The first-order valence-electron chi connectivity index (χ1n) is 10.1. The number of fused-ring (bicyclic) bond motifs is 1. The summed E-state index contributed by atoms with van der Waals surface area (Å²) in [4.78, 5) is 28.1. The molecule has 1 aromatic carbocycles. The zero-order valence-corrected chi connectivity index (χ0v) is 17.5. The number of carbonyl (C=O) groups is 2. The number of carbonyl (C=O) groups excluding carboxylic acids is 2. The second-order valence-electron chi connectivity index (χ2n) is 7.54. The summed E-state index contributed by atoms with van der Waals surface area (Å²) in [5, 5.41) is 3.53. The molecule has 0 radical (unpaired) electrons. The summed E-state index contributed by atoms with van der Waals surface area (Å²) in [6.45, 7) is 1.30. The van der Waals surface area contributed by atoms with Gasteiger partial charge in [-0.1, -0.05) is 30.3 Å². The van der Waals surface area contributed by atoms with E-state index in [-0.39, 0.29) is 12.5 Å². The predicted molar refractivity (Wildman–Crippen MR) is 117 cm³/mol. The fourth-order valence-electron chi connectivity index (χ4n) is 3.92. The Labute approximate surface area is 179 Å². The number of benzene rings is 1. The molecule has 2 heterocycles. The molecule has 6 nitrogen and oxygen atoms in total. The summed E-state index contributed by atoms with van der Waals surface area (Å²) >= 11 is 1.49. The van der Waals surface area contributed by atoms with Crippen LogP contribution in [-0.2, 0) is 30.7 Å². The van der Waals surface area contributed by atoms with E-state index in [4.69, 9.17) is 10.2 Å². The van der Waals surface area contributed by atoms with Crippen molar-refractivity contribution in [3.8, 4) is 0 Å². The maximum absolute atomic E-state index is 12.9. The van der Waals surface area contributed by atoms with Crippen LogP contribution in [0.15, 0.2) is 53.1 Å². The van der Waals surface area contributed by atoms with Crippen molar-refractivity contribution in [3.63, 3.8) is 0 Å². The number of nitrogens with two attached hydrogens (primary N) is 1. The highest BCUT2D eigenvalue weighted by Crippen LogP contribution is 2.37. The fraction of sp³-hybridized carbons (Fsp3) is 0.304. The summed E-state index contributed by atoms with van der Waals surface area (Å²) in [6.07, 6.45) is 5.57. The van der Waals surface area contributed by atoms with Gasteiger partial charge < -0.3 is 15.5 Å². The minimum Gasteiger partial charge on any atom is -0.468 e. The Hall–Kier alpha value is -2.90. The van der Waals surface area contributed by atoms with E-state index in [2.05, 4.69) is 5.32 Å². The molecule has 0 aliphatic heterocycles. The Morgan fingerprint density at radius 3 is 2.60 bits per heavy atom. The highest BCUT2D eigenvalue weighted by atomic mass is 32.1. The van der Waals surface area contributed by atoms with Crippen LogP contribution >= 0.6 is 11.3 Å². The van der Waals surface area contributed by atoms with Gasteiger partial charge in [-0.2, -0.15) is 0 Å². The van der Waals surface area contributed by atoms with Crippen molar-refractivity contribution in [2.45, 2.75) is 38.8 Å². The topological polar surface area (TPSA) is 88.6 Å². The molecule has 0 saturated heterocycles. The average Bonchev–Trinajstić information content (AvgIpc) is 3.35. The number of hydrogen-bond acceptors (Lipinski definition) is 5. The zero-order valence-electron chi connectivity index (χ0n) is 16.7. The summed E-state index contributed by atoms with van der Waals surface area (Å²) in [5.41, 5.74) is 8.27. The van der Waals surface area contributed by atoms with Gasteiger partial charge in [-0.15, -0.1) is 11.3 Å². The van der Waals surface area contributed by atoms with Gasteiger partial charge in [-0.3, -0.25) is 14.5 Å². The number of amides is 2. The first kappa shape index (κ1) is 20.4. The van der Waals surface area contributed by atoms with Gasteiger partial charge in [0.1, 0.15) is 10.8 Å². The van der Waals surface area contributed by atoms with Crippen molar-refractivity contribution in [2.75, 3.05) is 11.9 Å². The number of nitrogens with one attached hydrogen (secondary N) is 1. The van der Waals surface area contributed by atoms with E-state index in [0.717, 1.165) is 42.6 Å². The Balaban J connectivity index is 1.50. The van der Waals surface area contributed by atoms with Gasteiger partial charge in [-0.05, 0) is 48.9 Å². The Morgan fingerprint density at radius 2 is 1.87 bits per heavy atom. The number of anilines is 1. The standard InChI is InChI=1S/C23H25N3O3S/c24-22(28)21-18-10-4-5-11-19(18)30-23(21)25-20(27)15-26(14-17-9-6-12-29-17)13-16-7-2-1-3-8-16/h1-3,6-9,12H,4-5,10-11,13-15H2,(H2,24,28)(H,25,27). The van der Waals surface area contributed by atoms with Gasteiger partial charge in [0.15, 0.2) is 0 Å². The lowest BCUT2D eigenvalue weighted by Gasteiger charge is -2.21. The molecule has 30 heavy (non-hydrogen) atoms. The molecule has 0 fully saturated rings. The molecular weight excluding hydrogens is 398 g/mol. The lowest BCUT2D eigenvalue weighted by molar-refractivity contribution is -0.117. The minimum absolute atomic E-state index is 0.168. The summed E-state index contributed by atoms with van der Waals surface area (Å²) in [5.74, 6) is 0.156. The molecule has 3 N–H and O–H groups in total. The Morgan fingerprint density at radius 1 is 1.07 bits per heavy atom. The number of aryl methyl sites for hydroxylation is 1. The second-order valence-corrected chi connectivity index (χ2v) is 8.64. The van der Waals surface area contributed by atoms with Crippen LogP contribution in [0.5, 0.6) is 0 Å². The zero-order chi connectivity index (χ0) is 20.9. The molecule has 156 valence electrons. The van der Waals surface area contributed by atoms with Crippen molar-refractivity contribution < 1.29 is 14.0 Å². The summed E-state index contributed by atoms with van der Waals surface area (Å²) < 4.78 is 5.47. The minimum atomic E-state index is -0.471. The van der Waals surface area contributed by atoms with Crippen LogP contribution < -0.4 is 11.1 Å². The highest BCUT2D eigenvalue weighted by molar-refractivity contribution is 7.17. The Bertz CT molecular complexity index is 1010. The van der Waals surface area contributed by atoms with Crippen molar-refractivity contribution in [1.29, 1.82) is 0 Å². The summed E-state index contributed by atoms with van der Waals surface area (Å²) in [7, 11) is 0. The third-order valence-electron chi connectivity index (χ3n) is 5.25. The van der Waals surface area contributed by atoms with E-state index in [1.54, 1.807) is 6.26 Å². The number of nitrogens with zero attached hydrogens (tertiary/aromatic N) is 1. The maximum atomic E-state index is 12.9. The third kappa shape index (κ3) is 4.80. The number of furan rings is 1. The molecule has 0 bridgehead atoms. The largest absolute Gasteiger partial charge is 0.468 e. The molecule has 1 aliphatic carbocycles. The average molecular weight is 424 g/mol. The van der Waals surface area contributed by atoms with Crippen molar-refractivity contribution >= 4 is 28.2 Å². The predicted octanol–water partition coefficient (Wildman–Crippen LogP) is 3.96. The van der Waals surface area contributed by atoms with E-state index >= 15 is 0 Å². The third-order valence-corrected chi connectivity index (χ3v) is 6.45. The first-order valence-corrected chi connectivity index (χ1v) is 10.9. The maximum Gasteiger partial charge on any atom is 0.251 e. The van der Waals surface area contributed by atoms with Crippen molar-refractivity contribution in [3.05, 3.63) is 76.1 Å². The molecule has 0 atom stereocenters. The number of rotatable bonds is 8. The van der Waals surface area contributed by atoms with E-state index < -0.39 is 5.91 Å². The molecule has 0 saturated carbocycles. The molecule has 2 amide bonds. The van der Waals surface area contributed by atoms with Crippen LogP contribution in [0.3, 0.4) is 0 Å². The molecule has 1 aliphatic rings. The molecule has 7 heteroatoms. The lowest BCUT2D eigenvalue weighted by atomic mass is 9.95. The molecular formula is C23H25N3O3S. The fourth-order valence-corrected chi connectivity index (χ4v) is 5.23. The monoisotopic (exact) mass is 423 g/mol. The van der Waals surface area contributed by atoms with Crippen LogP contribution in [0.1, 0.15) is 45.0 Å². The van der Waals surface area contributed by atoms with Crippen LogP contribution in [0.2, 0.25) is 0 Å². The van der Waals surface area contributed by atoms with Crippen LogP contribution in [0.4, 0.5) is 5.00 Å². The Kier molecular flexibility index (Phi) is 6.30. The molecule has 0 unspecified atom stereocenters. The van der Waals surface area contributed by atoms with E-state index in [9.17, 15) is 9.59 Å². The van der Waals surface area contributed by atoms with Crippen LogP contribution in [-0.4, -0.2) is 23.3 Å². The van der Waals surface area contributed by atoms with Gasteiger partial charge in [0.2, 0.25) is 5.91 Å². The van der Waals surface area contributed by atoms with Gasteiger partial charge in [-0.25, -0.2) is 0 Å². The van der Waals surface area contributed by atoms with Crippen molar-refractivity contribution in [1.82, 2.24) is 4.90 Å². The van der Waals surface area contributed by atoms with E-state index in [1.165, 1.54) is 16.2 Å². The number of hydrogen-bond donors (Lipinski definition) is 2. The second kappa shape index (κ2) is 9.28. The quantitative estimate of drug-likeness (QED) is 0.574. The SMILES string of the molecule is NC(=O)c1c(NC(=O)CN(Cc2ccccc2)Cc2ccco2)sc2c1CCCC2. The van der Waals surface area contributed by atoms with Gasteiger partial charge in [0.05, 0.1) is 24.9 Å². The molecule has 4 rings (SSSR count). The van der Waals surface area contributed by atoms with Crippen LogP contribution in [0, 0.1) is 0 Å². The molecule has 3 aromatic rings. The van der Waals surface area contributed by atoms with E-state index in [1.807, 2.05) is 47.4 Å². The molecule has 2 aromatic heterocycles. The first-order chi connectivity index (χ1) is 14.6. The van der Waals surface area contributed by atoms with Gasteiger partial charge >= 0.3 is 0 Å². The van der Waals surface area contributed by atoms with Crippen LogP contribution in [0.25, 0.3) is 0 Å². The summed E-state index contributed by atoms with van der Waals surface area (Å²) in [6, 6.07) is 13.7. The van der Waals surface area contributed by atoms with Gasteiger partial charge in [0.25, 0.3) is 5.91 Å². The van der Waals surface area contributed by atoms with E-state index in [0.29, 0.717) is 23.7 Å². The number of primary amides is 1. The molecule has 0 spiro atoms. The highest BCUT2D eigenvalue weighted by Gasteiger charge is 2.25. The van der Waals surface area contributed by atoms with Gasteiger partial charge in [0, 0.05) is 11.4 Å². The smallest absolute Gasteiger partial charge is 0.251 e.